The molecule has 0 radical (unpaired) electrons. The lowest BCUT2D eigenvalue weighted by atomic mass is 9.80. The van der Waals surface area contributed by atoms with Crippen LogP contribution in [-0.4, -0.2) is 109 Å². The molecule has 1 aliphatic heterocycles. The molecule has 4 atom stereocenters. The first-order valence-electron chi connectivity index (χ1n) is 24.2. The van der Waals surface area contributed by atoms with Crippen molar-refractivity contribution in [2.75, 3.05) is 46.4 Å². The lowest BCUT2D eigenvalue weighted by molar-refractivity contribution is -0.262. The van der Waals surface area contributed by atoms with E-state index in [1.165, 1.54) is 12.3 Å². The van der Waals surface area contributed by atoms with Gasteiger partial charge in [0.15, 0.2) is 0 Å². The number of carbonyl (C=O) groups is 2. The van der Waals surface area contributed by atoms with Gasteiger partial charge in [0.25, 0.3) is 17.3 Å². The topological polar surface area (TPSA) is 169 Å². The molecule has 17 heteroatoms. The minimum Gasteiger partial charge on any atom is -0.497 e. The van der Waals surface area contributed by atoms with E-state index in [9.17, 15) is 18.9 Å². The number of rotatable bonds is 23. The van der Waals surface area contributed by atoms with Gasteiger partial charge in [-0.2, -0.15) is 10.0 Å². The molecule has 6 aromatic rings. The fourth-order valence-electron chi connectivity index (χ4n) is 9.06. The number of amides is 2. The number of nitrogens with zero attached hydrogens (tertiary/aromatic N) is 4. The number of aromatic nitrogens is 2. The van der Waals surface area contributed by atoms with Crippen molar-refractivity contribution >= 4 is 26.1 Å². The van der Waals surface area contributed by atoms with Gasteiger partial charge in [0, 0.05) is 42.0 Å². The molecular formula is C56H64N5O11P. The fourth-order valence-corrected chi connectivity index (χ4v) is 9.80. The molecular weight excluding hydrogens is 950 g/mol. The third kappa shape index (κ3) is 11.9. The lowest BCUT2D eigenvalue weighted by Gasteiger charge is -2.38. The molecule has 5 aromatic carbocycles. The molecule has 0 saturated carbocycles. The molecule has 0 aliphatic carbocycles. The van der Waals surface area contributed by atoms with Crippen LogP contribution in [0.4, 0.5) is 5.82 Å². The molecule has 1 N–H and O–H groups in total. The quantitative estimate of drug-likeness (QED) is 0.0367. The number of hydroxylamine groups is 2. The van der Waals surface area contributed by atoms with Crippen molar-refractivity contribution in [3.05, 3.63) is 184 Å². The number of carbonyl (C=O) groups excluding carboxylic acids is 2. The van der Waals surface area contributed by atoms with Crippen LogP contribution < -0.4 is 25.2 Å². The van der Waals surface area contributed by atoms with Gasteiger partial charge in [-0.1, -0.05) is 72.8 Å². The van der Waals surface area contributed by atoms with Gasteiger partial charge in [-0.25, -0.2) is 4.79 Å². The Balaban J connectivity index is 1.35. The highest BCUT2D eigenvalue weighted by molar-refractivity contribution is 7.24. The third-order valence-electron chi connectivity index (χ3n) is 12.7. The summed E-state index contributed by atoms with van der Waals surface area (Å²) in [6, 6.07) is 41.0. The maximum Gasteiger partial charge on any atom is 0.352 e. The average molecular weight is 1010 g/mol. The van der Waals surface area contributed by atoms with E-state index in [1.807, 2.05) is 120 Å². The predicted octanol–water partition coefficient (Wildman–Crippen LogP) is 9.19. The van der Waals surface area contributed by atoms with Crippen LogP contribution in [0.1, 0.15) is 78.9 Å². The van der Waals surface area contributed by atoms with E-state index in [4.69, 9.17) is 33.3 Å². The number of hydrogen-bond acceptors (Lipinski definition) is 13. The van der Waals surface area contributed by atoms with Crippen molar-refractivity contribution in [3.63, 3.8) is 0 Å². The summed E-state index contributed by atoms with van der Waals surface area (Å²) in [6.07, 6.45) is -2.21. The Labute approximate surface area is 428 Å². The van der Waals surface area contributed by atoms with E-state index in [2.05, 4.69) is 10.3 Å². The summed E-state index contributed by atoms with van der Waals surface area (Å²) < 4.78 is 53.2. The smallest absolute Gasteiger partial charge is 0.352 e. The van der Waals surface area contributed by atoms with Gasteiger partial charge in [0.05, 0.1) is 34.5 Å². The minimum atomic E-state index is -2.15. The zero-order valence-corrected chi connectivity index (χ0v) is 43.6. The first-order valence-corrected chi connectivity index (χ1v) is 25.0. The van der Waals surface area contributed by atoms with Crippen LogP contribution in [0.25, 0.3) is 0 Å². The number of benzene rings is 5. The third-order valence-corrected chi connectivity index (χ3v) is 13.5. The molecule has 384 valence electrons. The Bertz CT molecular complexity index is 2760. The van der Waals surface area contributed by atoms with Crippen LogP contribution in [0.3, 0.4) is 0 Å². The van der Waals surface area contributed by atoms with Crippen LogP contribution in [-0.2, 0) is 34.7 Å². The predicted molar refractivity (Wildman–Crippen MR) is 278 cm³/mol. The van der Waals surface area contributed by atoms with Gasteiger partial charge in [-0.3, -0.25) is 23.6 Å². The minimum absolute atomic E-state index is 0.0435. The van der Waals surface area contributed by atoms with Crippen LogP contribution in [0.5, 0.6) is 17.2 Å². The fraction of sp³-hybridized carbons (Fsp3) is 0.357. The summed E-state index contributed by atoms with van der Waals surface area (Å²) in [6.45, 7) is 11.5. The second-order valence-corrected chi connectivity index (χ2v) is 19.1. The van der Waals surface area contributed by atoms with Crippen molar-refractivity contribution in [2.24, 2.45) is 0 Å². The molecule has 1 aliphatic rings. The molecule has 0 bridgehead atoms. The van der Waals surface area contributed by atoms with E-state index in [-0.39, 0.29) is 49.6 Å². The first-order chi connectivity index (χ1) is 35.2. The van der Waals surface area contributed by atoms with E-state index in [1.54, 1.807) is 85.9 Å². The summed E-state index contributed by atoms with van der Waals surface area (Å²) in [5.41, 5.74) is -1.30. The van der Waals surface area contributed by atoms with Crippen molar-refractivity contribution in [1.82, 2.24) is 19.5 Å². The highest BCUT2D eigenvalue weighted by atomic mass is 31.1. The first kappa shape index (κ1) is 54.0. The molecule has 1 fully saturated rings. The molecule has 1 aromatic heterocycles. The van der Waals surface area contributed by atoms with Gasteiger partial charge in [-0.15, -0.1) is 0 Å². The average Bonchev–Trinajstić information content (AvgIpc) is 3.71. The second kappa shape index (κ2) is 24.3. The SMILES string of the molecule is COc1ccc(C(=O)N(CCO[C@@H]2[C@H](ON(C(C)C)C(C)C)[C@@H](COC(c3ccccc3)(c3ccc(OC)cc3)c3ccc(OC)cc3)O[C@@]2(P=O)n2ccc(NC(=O)c3ccccc3)nc2=O)C(C)C)cc1. The highest BCUT2D eigenvalue weighted by Gasteiger charge is 2.61. The molecule has 7 rings (SSSR count). The number of nitrogens with one attached hydrogen (secondary N) is 1. The van der Waals surface area contributed by atoms with Gasteiger partial charge in [-0.05, 0) is 125 Å². The summed E-state index contributed by atoms with van der Waals surface area (Å²) in [7, 11) is 4.06. The van der Waals surface area contributed by atoms with E-state index >= 15 is 0 Å². The molecule has 0 spiro atoms. The zero-order chi connectivity index (χ0) is 52.3. The van der Waals surface area contributed by atoms with Gasteiger partial charge < -0.3 is 38.6 Å². The lowest BCUT2D eigenvalue weighted by Crippen LogP contribution is -2.52. The van der Waals surface area contributed by atoms with E-state index in [0.717, 1.165) is 21.3 Å². The molecule has 2 heterocycles. The Morgan fingerprint density at radius 3 is 1.73 bits per heavy atom. The summed E-state index contributed by atoms with van der Waals surface area (Å²) in [4.78, 5) is 54.7. The summed E-state index contributed by atoms with van der Waals surface area (Å²) in [5.74, 6) is 1.12. The van der Waals surface area contributed by atoms with E-state index < -0.39 is 49.4 Å². The van der Waals surface area contributed by atoms with Crippen molar-refractivity contribution in [3.8, 4) is 17.2 Å². The molecule has 1 saturated heterocycles. The standard InChI is InChI=1S/C56H64N5O11P/c1-37(2)59(53(63)41-20-26-45(66-7)27-21-41)34-35-69-51-50(72-61(38(3)4)39(5)6)48(71-56(51,73-65)60-33-32-49(58-54(60)64)57-52(62)40-16-12-10-13-17-40)36-70-55(42-18-14-11-15-19-42,43-22-28-46(67-8)29-23-43)44-24-30-47(68-9)31-25-44/h10-33,37-39,48,50-51H,34-36H2,1-9H3,(H,57,58,62,64)/t48-,50-,51-,56+/m1/s1. The summed E-state index contributed by atoms with van der Waals surface area (Å²) >= 11 is 0. The summed E-state index contributed by atoms with van der Waals surface area (Å²) in [5, 5.41) is 4.48. The normalized spacial score (nSPS) is 17.8. The largest absolute Gasteiger partial charge is 0.497 e. The monoisotopic (exact) mass is 1010 g/mol. The number of methoxy groups -OCH3 is 3. The van der Waals surface area contributed by atoms with Crippen molar-refractivity contribution < 1.29 is 47.4 Å². The molecule has 73 heavy (non-hydrogen) atoms. The Morgan fingerprint density at radius 1 is 0.712 bits per heavy atom. The van der Waals surface area contributed by atoms with Gasteiger partial charge in [0.2, 0.25) is 8.46 Å². The molecule has 2 amide bonds. The number of hydrogen-bond donors (Lipinski definition) is 1. The number of anilines is 1. The van der Waals surface area contributed by atoms with Crippen LogP contribution in [0.15, 0.2) is 151 Å². The second-order valence-electron chi connectivity index (χ2n) is 18.2. The Morgan fingerprint density at radius 2 is 1.23 bits per heavy atom. The molecule has 16 nitrogen and oxygen atoms in total. The van der Waals surface area contributed by atoms with Crippen molar-refractivity contribution in [1.29, 1.82) is 0 Å². The zero-order valence-electron chi connectivity index (χ0n) is 42.7. The number of ether oxygens (including phenoxy) is 6. The van der Waals surface area contributed by atoms with Crippen LogP contribution in [0.2, 0.25) is 0 Å². The highest BCUT2D eigenvalue weighted by Crippen LogP contribution is 2.48. The maximum absolute atomic E-state index is 14.5. The maximum atomic E-state index is 14.5. The van der Waals surface area contributed by atoms with E-state index in [0.29, 0.717) is 28.4 Å². The Kier molecular flexibility index (Phi) is 18.0. The van der Waals surface area contributed by atoms with Crippen molar-refractivity contribution in [2.45, 2.75) is 89.0 Å². The van der Waals surface area contributed by atoms with Crippen LogP contribution in [0, 0.1) is 0 Å². The van der Waals surface area contributed by atoms with Gasteiger partial charge in [0.1, 0.15) is 47.0 Å². The van der Waals surface area contributed by atoms with Gasteiger partial charge >= 0.3 is 5.69 Å². The van der Waals surface area contributed by atoms with Crippen LogP contribution >= 0.6 is 8.46 Å². The molecule has 0 unspecified atom stereocenters. The Hall–Kier alpha value is -6.78.